The molecule has 5 heterocycles. The second-order valence-electron chi connectivity index (χ2n) is 18.7. The van der Waals surface area contributed by atoms with Gasteiger partial charge in [0.05, 0.1) is 42.2 Å². The summed E-state index contributed by atoms with van der Waals surface area (Å²) in [6.45, 7) is 6.01. The first-order valence-electron chi connectivity index (χ1n) is 22.0. The average Bonchev–Trinajstić information content (AvgIpc) is 4.13. The lowest BCUT2D eigenvalue weighted by Crippen LogP contribution is -2.58. The van der Waals surface area contributed by atoms with Gasteiger partial charge in [-0.2, -0.15) is 17.6 Å². The monoisotopic (exact) mass is 902 g/mol. The molecule has 344 valence electrons. The summed E-state index contributed by atoms with van der Waals surface area (Å²) in [5.41, 5.74) is -4.17. The quantitative estimate of drug-likeness (QED) is 0.199. The molecule has 19 heteroatoms. The molecule has 1 spiro atoms. The van der Waals surface area contributed by atoms with Crippen molar-refractivity contribution in [2.24, 2.45) is 16.2 Å². The smallest absolute Gasteiger partial charge is 0.437 e. The van der Waals surface area contributed by atoms with Gasteiger partial charge in [-0.25, -0.2) is 18.2 Å². The van der Waals surface area contributed by atoms with Gasteiger partial charge < -0.3 is 39.6 Å². The molecule has 15 nitrogen and oxygen atoms in total. The molecule has 4 fully saturated rings. The first kappa shape index (κ1) is 44.9. The maximum Gasteiger partial charge on any atom is 0.437 e. The van der Waals surface area contributed by atoms with Gasteiger partial charge in [0.2, 0.25) is 11.8 Å². The molecule has 1 aromatic carbocycles. The summed E-state index contributed by atoms with van der Waals surface area (Å²) in [6, 6.07) is 2.15. The number of halogens is 3. The number of carbonyl (C=O) groups excluding carboxylic acids is 3. The molecule has 0 bridgehead atoms. The normalized spacial score (nSPS) is 29.7. The minimum Gasteiger partial charge on any atom is -0.859 e. The maximum atomic E-state index is 15.0. The number of fused-ring (bicyclic) bond motifs is 5. The molecule has 0 unspecified atom stereocenters. The number of alkyl carbamates (subject to hydrolysis) is 1. The summed E-state index contributed by atoms with van der Waals surface area (Å²) in [4.78, 5) is 47.8. The zero-order valence-corrected chi connectivity index (χ0v) is 36.6. The molecular formula is C44H55F3N5O10S-. The van der Waals surface area contributed by atoms with Gasteiger partial charge in [0.15, 0.2) is 11.4 Å². The van der Waals surface area contributed by atoms with Crippen LogP contribution in [0.3, 0.4) is 0 Å². The number of rotatable bonds is 8. The summed E-state index contributed by atoms with van der Waals surface area (Å²) in [5.74, 6) is -3.19. The van der Waals surface area contributed by atoms with E-state index in [4.69, 9.17) is 18.9 Å². The highest BCUT2D eigenvalue weighted by Crippen LogP contribution is 2.51. The van der Waals surface area contributed by atoms with Crippen LogP contribution in [0.25, 0.3) is 10.9 Å². The molecular weight excluding hydrogens is 848 g/mol. The van der Waals surface area contributed by atoms with Crippen molar-refractivity contribution in [1.82, 2.24) is 20.5 Å². The van der Waals surface area contributed by atoms with Crippen LogP contribution in [0.2, 0.25) is 0 Å². The van der Waals surface area contributed by atoms with Gasteiger partial charge in [0, 0.05) is 42.0 Å². The number of ether oxygens (including phenoxy) is 4. The molecule has 6 aliphatic rings. The summed E-state index contributed by atoms with van der Waals surface area (Å²) >= 11 is 0. The summed E-state index contributed by atoms with van der Waals surface area (Å²) in [7, 11) is -4.23. The van der Waals surface area contributed by atoms with Crippen LogP contribution in [-0.2, 0) is 41.7 Å². The number of aromatic nitrogens is 1. The van der Waals surface area contributed by atoms with Crippen LogP contribution >= 0.6 is 0 Å². The number of nitrogens with zero attached hydrogens (tertiary/aromatic N) is 3. The largest absolute Gasteiger partial charge is 0.859 e. The van der Waals surface area contributed by atoms with Crippen molar-refractivity contribution < 1.29 is 60.0 Å². The molecule has 8 rings (SSSR count). The van der Waals surface area contributed by atoms with Gasteiger partial charge in [0.25, 0.3) is 10.0 Å². The van der Waals surface area contributed by atoms with E-state index >= 15 is 0 Å². The number of nitrogens with one attached hydrogen (secondary N) is 2. The number of alkyl halides is 3. The number of sulfonamides is 1. The van der Waals surface area contributed by atoms with Crippen molar-refractivity contribution in [3.05, 3.63) is 41.6 Å². The number of hydrogen-bond acceptors (Lipinski definition) is 11. The van der Waals surface area contributed by atoms with Crippen LogP contribution in [-0.4, -0.2) is 103 Å². The van der Waals surface area contributed by atoms with Crippen LogP contribution in [0, 0.1) is 11.8 Å². The van der Waals surface area contributed by atoms with Crippen molar-refractivity contribution in [3.63, 3.8) is 0 Å². The van der Waals surface area contributed by atoms with Gasteiger partial charge in [-0.05, 0) is 82.4 Å². The standard InChI is InChI=1S/C44H56F3N5O10S/c1-26(2)24-60-40(56)49-33-10-8-6-4-5-7-9-27-22-43(27,39(55)51-63(57,58)41(3)17-18-41)50-37(53)34-23-42(25-52(34)38(33)54)16-13-30-31-21-29(61-28-14-19-59-20-15-28)11-12-32(31)48-36(35(30)62-42)44(45,46)47/h7,9,11-12,21,26-28,33-34H,4-6,8,10,13-20,22-25H2,1-3H3,(H,49,56)(H,50,53)(H,51,55)/p-1/b9-7-/t27-,33+,34+,42-,43-/m1/s1. The Kier molecular flexibility index (Phi) is 12.2. The Hall–Kier alpha value is -4.65. The third kappa shape index (κ3) is 9.31. The predicted octanol–water partition coefficient (Wildman–Crippen LogP) is 5.26. The molecule has 2 saturated carbocycles. The molecule has 3 amide bonds. The fraction of sp³-hybridized carbons (Fsp3) is 0.659. The number of amides is 3. The molecule has 63 heavy (non-hydrogen) atoms. The van der Waals surface area contributed by atoms with Gasteiger partial charge in [0.1, 0.15) is 29.5 Å². The van der Waals surface area contributed by atoms with E-state index in [9.17, 15) is 41.1 Å². The highest BCUT2D eigenvalue weighted by molar-refractivity contribution is 7.92. The van der Waals surface area contributed by atoms with E-state index in [0.29, 0.717) is 75.7 Å². The van der Waals surface area contributed by atoms with Gasteiger partial charge in [-0.3, -0.25) is 9.59 Å². The zero-order chi connectivity index (χ0) is 45.0. The van der Waals surface area contributed by atoms with E-state index in [2.05, 4.69) is 20.0 Å². The Bertz CT molecular complexity index is 2300. The predicted molar refractivity (Wildman–Crippen MR) is 221 cm³/mol. The van der Waals surface area contributed by atoms with Crippen LogP contribution in [0.15, 0.2) is 34.7 Å². The Morgan fingerprint density at radius 1 is 1.11 bits per heavy atom. The van der Waals surface area contributed by atoms with E-state index in [1.807, 2.05) is 19.9 Å². The first-order chi connectivity index (χ1) is 29.8. The minimum absolute atomic E-state index is 0.000256. The highest BCUT2D eigenvalue weighted by Gasteiger charge is 2.60. The minimum atomic E-state index is -4.95. The van der Waals surface area contributed by atoms with Crippen LogP contribution in [0.1, 0.15) is 109 Å². The topological polar surface area (TPSA) is 198 Å². The molecule has 2 aromatic rings. The number of allylic oxidation sites excluding steroid dienone is 1. The van der Waals surface area contributed by atoms with Gasteiger partial charge >= 0.3 is 12.3 Å². The Labute approximate surface area is 364 Å². The summed E-state index contributed by atoms with van der Waals surface area (Å²) < 4.78 is 97.3. The number of pyridine rings is 1. The number of hydrogen-bond donors (Lipinski definition) is 2. The lowest BCUT2D eigenvalue weighted by molar-refractivity contribution is -0.222. The van der Waals surface area contributed by atoms with Crippen LogP contribution in [0.5, 0.6) is 11.5 Å². The second-order valence-corrected chi connectivity index (χ2v) is 20.8. The van der Waals surface area contributed by atoms with Crippen molar-refractivity contribution >= 4 is 44.7 Å². The van der Waals surface area contributed by atoms with Crippen molar-refractivity contribution in [1.29, 1.82) is 0 Å². The fourth-order valence-corrected chi connectivity index (χ4v) is 10.3. The first-order valence-corrected chi connectivity index (χ1v) is 23.5. The third-order valence-electron chi connectivity index (χ3n) is 13.3. The molecule has 2 saturated heterocycles. The molecule has 2 aliphatic carbocycles. The van der Waals surface area contributed by atoms with Gasteiger partial charge in [-0.15, -0.1) is 0 Å². The highest BCUT2D eigenvalue weighted by atomic mass is 32.2. The SMILES string of the molecule is CC(C)COC(=O)N[C@H]1CCCCC/C=C\[C@@H]2C[C@@]2(C([O-])=NS(=O)(=O)C2(C)CC2)NC(=O)[C@@H]2C[C@]3(CCc4c(c(C(F)(F)F)nc5ccc(OC6CCOCC6)cc45)O3)CN2C1=O. The second kappa shape index (κ2) is 17.0. The van der Waals surface area contributed by atoms with Crippen molar-refractivity contribution in [2.75, 3.05) is 26.4 Å². The van der Waals surface area contributed by atoms with Gasteiger partial charge in [-0.1, -0.05) is 38.8 Å². The van der Waals surface area contributed by atoms with E-state index in [0.717, 1.165) is 0 Å². The maximum absolute atomic E-state index is 15.0. The van der Waals surface area contributed by atoms with E-state index < -0.39 is 85.3 Å². The Morgan fingerprint density at radius 3 is 2.59 bits per heavy atom. The third-order valence-corrected chi connectivity index (χ3v) is 15.3. The van der Waals surface area contributed by atoms with E-state index in [1.165, 1.54) is 17.9 Å². The Balaban J connectivity index is 1.16. The zero-order valence-electron chi connectivity index (χ0n) is 35.8. The van der Waals surface area contributed by atoms with Crippen molar-refractivity contribution in [2.45, 2.75) is 144 Å². The number of benzene rings is 1. The molecule has 5 atom stereocenters. The number of aryl methyl sites for hydroxylation is 1. The summed E-state index contributed by atoms with van der Waals surface area (Å²) in [6.07, 6.45) is 2.27. The molecule has 4 aliphatic heterocycles. The average molecular weight is 903 g/mol. The molecule has 0 radical (unpaired) electrons. The van der Waals surface area contributed by atoms with E-state index in [1.54, 1.807) is 18.2 Å². The van der Waals surface area contributed by atoms with Crippen LogP contribution < -0.4 is 25.2 Å². The Morgan fingerprint density at radius 2 is 1.87 bits per heavy atom. The molecule has 2 N–H and O–H groups in total. The lowest BCUT2D eigenvalue weighted by atomic mass is 9.87. The van der Waals surface area contributed by atoms with Crippen LogP contribution in [0.4, 0.5) is 18.0 Å². The fourth-order valence-electron chi connectivity index (χ4n) is 9.12. The molecule has 1 aromatic heterocycles. The van der Waals surface area contributed by atoms with E-state index in [-0.39, 0.29) is 68.4 Å². The van der Waals surface area contributed by atoms with Crippen molar-refractivity contribution in [3.8, 4) is 11.5 Å². The lowest BCUT2D eigenvalue weighted by Gasteiger charge is -2.37. The number of carbonyl (C=O) groups is 3. The summed E-state index contributed by atoms with van der Waals surface area (Å²) in [5, 5.41) is 19.8.